The van der Waals surface area contributed by atoms with E-state index in [2.05, 4.69) is 6.08 Å². The Bertz CT molecular complexity index is 268. The van der Waals surface area contributed by atoms with Crippen LogP contribution in [0.3, 0.4) is 0 Å². The number of rotatable bonds is 3. The summed E-state index contributed by atoms with van der Waals surface area (Å²) in [4.78, 5) is 0. The van der Waals surface area contributed by atoms with Crippen molar-refractivity contribution >= 4 is 0 Å². The molecule has 0 aromatic heterocycles. The molecule has 0 saturated heterocycles. The van der Waals surface area contributed by atoms with Gasteiger partial charge in [0.1, 0.15) is 12.4 Å². The van der Waals surface area contributed by atoms with Gasteiger partial charge in [0.2, 0.25) is 0 Å². The summed E-state index contributed by atoms with van der Waals surface area (Å²) in [6.45, 7) is 0.722. The number of ether oxygens (including phenoxy) is 1. The quantitative estimate of drug-likeness (QED) is 0.618. The first-order chi connectivity index (χ1) is 5.95. The molecular weight excluding hydrogens is 148 g/mol. The third kappa shape index (κ3) is 2.12. The first-order valence-corrected chi connectivity index (χ1v) is 4.31. The van der Waals surface area contributed by atoms with E-state index in [0.717, 1.165) is 12.4 Å². The normalized spacial score (nSPS) is 14.2. The highest BCUT2D eigenvalue weighted by Gasteiger charge is 2.09. The summed E-state index contributed by atoms with van der Waals surface area (Å²) in [5.74, 6) is 0.954. The average Bonchev–Trinajstić information content (AvgIpc) is 2.90. The molecule has 0 atom stereocenters. The second-order valence-electron chi connectivity index (χ2n) is 2.99. The van der Waals surface area contributed by atoms with Crippen molar-refractivity contribution in [2.75, 3.05) is 6.61 Å². The standard InChI is InChI=1S/C11H12O/c1-2-4-11(5-3-1)12-9-8-10-6-7-10/h1-5,8H,6-7,9H2. The minimum Gasteiger partial charge on any atom is -0.490 e. The van der Waals surface area contributed by atoms with Crippen LogP contribution in [0.2, 0.25) is 0 Å². The van der Waals surface area contributed by atoms with Gasteiger partial charge in [-0.1, -0.05) is 23.8 Å². The van der Waals surface area contributed by atoms with Gasteiger partial charge in [-0.25, -0.2) is 0 Å². The third-order valence-electron chi connectivity index (χ3n) is 1.90. The summed E-state index contributed by atoms with van der Waals surface area (Å²) in [5, 5.41) is 0. The molecule has 1 aliphatic carbocycles. The maximum atomic E-state index is 5.48. The second-order valence-corrected chi connectivity index (χ2v) is 2.99. The summed E-state index contributed by atoms with van der Waals surface area (Å²) in [6, 6.07) is 9.92. The molecule has 1 aliphatic rings. The van der Waals surface area contributed by atoms with Crippen molar-refractivity contribution in [2.24, 2.45) is 0 Å². The monoisotopic (exact) mass is 160 g/mol. The minimum absolute atomic E-state index is 0.722. The topological polar surface area (TPSA) is 9.23 Å². The van der Waals surface area contributed by atoms with Crippen molar-refractivity contribution in [3.63, 3.8) is 0 Å². The fraction of sp³-hybridized carbons (Fsp3) is 0.273. The summed E-state index contributed by atoms with van der Waals surface area (Å²) >= 11 is 0. The van der Waals surface area contributed by atoms with Crippen molar-refractivity contribution in [2.45, 2.75) is 12.8 Å². The maximum Gasteiger partial charge on any atom is 0.119 e. The lowest BCUT2D eigenvalue weighted by Gasteiger charge is -2.00. The highest BCUT2D eigenvalue weighted by atomic mass is 16.5. The zero-order chi connectivity index (χ0) is 8.23. The first kappa shape index (κ1) is 7.41. The van der Waals surface area contributed by atoms with Crippen LogP contribution in [-0.2, 0) is 0 Å². The molecule has 12 heavy (non-hydrogen) atoms. The van der Waals surface area contributed by atoms with E-state index >= 15 is 0 Å². The Balaban J connectivity index is 1.83. The number of allylic oxidation sites excluding steroid dienone is 1. The molecule has 0 amide bonds. The van der Waals surface area contributed by atoms with Gasteiger partial charge in [0.05, 0.1) is 0 Å². The molecule has 1 fully saturated rings. The van der Waals surface area contributed by atoms with E-state index < -0.39 is 0 Å². The van der Waals surface area contributed by atoms with E-state index in [4.69, 9.17) is 4.74 Å². The average molecular weight is 160 g/mol. The van der Waals surface area contributed by atoms with Gasteiger partial charge >= 0.3 is 0 Å². The SMILES string of the molecule is C(COc1ccccc1)=C1CC1. The minimum atomic E-state index is 0.722. The van der Waals surface area contributed by atoms with Crippen LogP contribution in [0, 0.1) is 0 Å². The molecule has 0 radical (unpaired) electrons. The molecule has 0 bridgehead atoms. The van der Waals surface area contributed by atoms with Crippen LogP contribution in [0.25, 0.3) is 0 Å². The van der Waals surface area contributed by atoms with Crippen molar-refractivity contribution in [1.82, 2.24) is 0 Å². The fourth-order valence-electron chi connectivity index (χ4n) is 1.05. The molecule has 0 spiro atoms. The Morgan fingerprint density at radius 2 is 1.92 bits per heavy atom. The number of benzene rings is 1. The Kier molecular flexibility index (Phi) is 2.12. The Morgan fingerprint density at radius 3 is 2.58 bits per heavy atom. The molecular formula is C11H12O. The van der Waals surface area contributed by atoms with E-state index in [-0.39, 0.29) is 0 Å². The molecule has 0 unspecified atom stereocenters. The van der Waals surface area contributed by atoms with Gasteiger partial charge in [0, 0.05) is 0 Å². The van der Waals surface area contributed by atoms with Gasteiger partial charge in [-0.2, -0.15) is 0 Å². The zero-order valence-corrected chi connectivity index (χ0v) is 6.99. The van der Waals surface area contributed by atoms with Crippen molar-refractivity contribution in [3.05, 3.63) is 42.0 Å². The van der Waals surface area contributed by atoms with E-state index in [1.54, 1.807) is 0 Å². The lowest BCUT2D eigenvalue weighted by molar-refractivity contribution is 0.362. The molecule has 1 aromatic carbocycles. The fourth-order valence-corrected chi connectivity index (χ4v) is 1.05. The van der Waals surface area contributed by atoms with E-state index in [1.165, 1.54) is 18.4 Å². The van der Waals surface area contributed by atoms with Crippen LogP contribution >= 0.6 is 0 Å². The summed E-state index contributed by atoms with van der Waals surface area (Å²) < 4.78 is 5.48. The molecule has 2 rings (SSSR count). The smallest absolute Gasteiger partial charge is 0.119 e. The predicted molar refractivity (Wildman–Crippen MR) is 49.3 cm³/mol. The molecule has 1 nitrogen and oxygen atoms in total. The summed E-state index contributed by atoms with van der Waals surface area (Å²) in [6.07, 6.45) is 4.73. The summed E-state index contributed by atoms with van der Waals surface area (Å²) in [7, 11) is 0. The van der Waals surface area contributed by atoms with Crippen LogP contribution in [0.15, 0.2) is 42.0 Å². The molecule has 0 heterocycles. The van der Waals surface area contributed by atoms with E-state index in [9.17, 15) is 0 Å². The van der Waals surface area contributed by atoms with Gasteiger partial charge in [-0.05, 0) is 31.1 Å². The van der Waals surface area contributed by atoms with Crippen LogP contribution in [0.5, 0.6) is 5.75 Å². The maximum absolute atomic E-state index is 5.48. The number of hydrogen-bond acceptors (Lipinski definition) is 1. The highest BCUT2D eigenvalue weighted by molar-refractivity contribution is 5.22. The van der Waals surface area contributed by atoms with Crippen LogP contribution in [0.1, 0.15) is 12.8 Å². The van der Waals surface area contributed by atoms with Gasteiger partial charge in [0.25, 0.3) is 0 Å². The predicted octanol–water partition coefficient (Wildman–Crippen LogP) is 2.79. The van der Waals surface area contributed by atoms with E-state index in [0.29, 0.717) is 0 Å². The Labute approximate surface area is 72.7 Å². The zero-order valence-electron chi connectivity index (χ0n) is 6.99. The second kappa shape index (κ2) is 3.44. The molecule has 1 saturated carbocycles. The summed E-state index contributed by atoms with van der Waals surface area (Å²) in [5.41, 5.74) is 1.53. The lowest BCUT2D eigenvalue weighted by atomic mass is 10.3. The number of hydrogen-bond donors (Lipinski definition) is 0. The molecule has 1 aromatic rings. The van der Waals surface area contributed by atoms with Gasteiger partial charge < -0.3 is 4.74 Å². The van der Waals surface area contributed by atoms with Crippen LogP contribution < -0.4 is 4.74 Å². The van der Waals surface area contributed by atoms with Crippen LogP contribution in [-0.4, -0.2) is 6.61 Å². The van der Waals surface area contributed by atoms with Crippen LogP contribution in [0.4, 0.5) is 0 Å². The molecule has 62 valence electrons. The van der Waals surface area contributed by atoms with Crippen molar-refractivity contribution in [1.29, 1.82) is 0 Å². The highest BCUT2D eigenvalue weighted by Crippen LogP contribution is 2.27. The molecule has 0 aliphatic heterocycles. The van der Waals surface area contributed by atoms with Crippen molar-refractivity contribution in [3.8, 4) is 5.75 Å². The molecule has 0 N–H and O–H groups in total. The number of para-hydroxylation sites is 1. The Hall–Kier alpha value is -1.24. The van der Waals surface area contributed by atoms with Gasteiger partial charge in [-0.15, -0.1) is 0 Å². The Morgan fingerprint density at radius 1 is 1.17 bits per heavy atom. The van der Waals surface area contributed by atoms with Gasteiger partial charge in [0.15, 0.2) is 0 Å². The lowest BCUT2D eigenvalue weighted by Crippen LogP contribution is -1.92. The van der Waals surface area contributed by atoms with Crippen molar-refractivity contribution < 1.29 is 4.74 Å². The molecule has 1 heteroatoms. The largest absolute Gasteiger partial charge is 0.490 e. The van der Waals surface area contributed by atoms with E-state index in [1.807, 2.05) is 30.3 Å². The third-order valence-corrected chi connectivity index (χ3v) is 1.90. The first-order valence-electron chi connectivity index (χ1n) is 4.31. The van der Waals surface area contributed by atoms with Gasteiger partial charge in [-0.3, -0.25) is 0 Å².